The van der Waals surface area contributed by atoms with Gasteiger partial charge in [-0.1, -0.05) is 60.6 Å². The summed E-state index contributed by atoms with van der Waals surface area (Å²) < 4.78 is 6.81. The third kappa shape index (κ3) is 3.50. The summed E-state index contributed by atoms with van der Waals surface area (Å²) in [5.74, 6) is 1.24. The van der Waals surface area contributed by atoms with Crippen molar-refractivity contribution >= 4 is 11.1 Å². The molecule has 0 aliphatic heterocycles. The van der Waals surface area contributed by atoms with Crippen LogP contribution in [-0.4, -0.2) is 35.3 Å². The standard InChI is InChI=1S/C22H19N7O2/c1-2-5-19-24-21-18(12-23-31-21)22(30)29(19)13-14-8-10-15(11-9-14)16-6-3-4-7-17(16)20-25-27-28-26-20/h3-4,6-12H,2,5,13H2,1H3,(H,25,26,27,28). The third-order valence-electron chi connectivity index (χ3n) is 5.16. The Morgan fingerprint density at radius 2 is 1.87 bits per heavy atom. The molecule has 0 atom stereocenters. The number of aryl methyl sites for hydroxylation is 1. The zero-order valence-electron chi connectivity index (χ0n) is 16.8. The molecular weight excluding hydrogens is 394 g/mol. The molecule has 0 aliphatic carbocycles. The SMILES string of the molecule is CCCc1nc2oncc2c(=O)n1Cc1ccc(-c2ccccc2-c2nn[nH]n2)cc1. The number of aromatic nitrogens is 7. The van der Waals surface area contributed by atoms with Crippen molar-refractivity contribution < 1.29 is 4.52 Å². The summed E-state index contributed by atoms with van der Waals surface area (Å²) in [7, 11) is 0. The zero-order chi connectivity index (χ0) is 21.2. The van der Waals surface area contributed by atoms with E-state index < -0.39 is 0 Å². The monoisotopic (exact) mass is 413 g/mol. The van der Waals surface area contributed by atoms with Crippen LogP contribution in [0.3, 0.4) is 0 Å². The van der Waals surface area contributed by atoms with Gasteiger partial charge in [-0.2, -0.15) is 10.2 Å². The van der Waals surface area contributed by atoms with Crippen molar-refractivity contribution in [2.24, 2.45) is 0 Å². The average Bonchev–Trinajstić information content (AvgIpc) is 3.49. The van der Waals surface area contributed by atoms with Crippen molar-refractivity contribution in [1.82, 2.24) is 35.3 Å². The highest BCUT2D eigenvalue weighted by Crippen LogP contribution is 2.29. The molecule has 31 heavy (non-hydrogen) atoms. The van der Waals surface area contributed by atoms with Gasteiger partial charge >= 0.3 is 0 Å². The van der Waals surface area contributed by atoms with Crippen molar-refractivity contribution in [3.63, 3.8) is 0 Å². The highest BCUT2D eigenvalue weighted by atomic mass is 16.5. The Hall–Kier alpha value is -4.14. The number of hydrogen-bond acceptors (Lipinski definition) is 7. The molecule has 5 aromatic rings. The Kier molecular flexibility index (Phi) is 4.83. The largest absolute Gasteiger partial charge is 0.336 e. The predicted molar refractivity (Wildman–Crippen MR) is 114 cm³/mol. The number of nitrogens with one attached hydrogen (secondary N) is 1. The smallest absolute Gasteiger partial charge is 0.266 e. The second kappa shape index (κ2) is 7.94. The van der Waals surface area contributed by atoms with Gasteiger partial charge in [-0.15, -0.1) is 10.2 Å². The van der Waals surface area contributed by atoms with Crippen molar-refractivity contribution in [2.45, 2.75) is 26.3 Å². The van der Waals surface area contributed by atoms with Crippen LogP contribution in [0.15, 0.2) is 64.0 Å². The minimum absolute atomic E-state index is 0.138. The quantitative estimate of drug-likeness (QED) is 0.454. The van der Waals surface area contributed by atoms with E-state index >= 15 is 0 Å². The number of rotatable bonds is 6. The fourth-order valence-electron chi connectivity index (χ4n) is 3.66. The number of fused-ring (bicyclic) bond motifs is 1. The predicted octanol–water partition coefficient (Wildman–Crippen LogP) is 3.23. The molecule has 9 heteroatoms. The third-order valence-corrected chi connectivity index (χ3v) is 5.16. The molecule has 0 bridgehead atoms. The number of nitrogens with zero attached hydrogens (tertiary/aromatic N) is 6. The molecule has 0 unspecified atom stereocenters. The second-order valence-corrected chi connectivity index (χ2v) is 7.19. The Balaban J connectivity index is 1.50. The Labute approximate surface area is 176 Å². The molecule has 0 fully saturated rings. The maximum atomic E-state index is 13.0. The van der Waals surface area contributed by atoms with Crippen LogP contribution < -0.4 is 5.56 Å². The summed E-state index contributed by atoms with van der Waals surface area (Å²) >= 11 is 0. The molecular formula is C22H19N7O2. The van der Waals surface area contributed by atoms with E-state index in [1.165, 1.54) is 6.20 Å². The topological polar surface area (TPSA) is 115 Å². The summed E-state index contributed by atoms with van der Waals surface area (Å²) in [6, 6.07) is 16.0. The van der Waals surface area contributed by atoms with Crippen LogP contribution in [0.4, 0.5) is 0 Å². The van der Waals surface area contributed by atoms with E-state index in [4.69, 9.17) is 4.52 Å². The lowest BCUT2D eigenvalue weighted by Gasteiger charge is -2.12. The van der Waals surface area contributed by atoms with Gasteiger partial charge in [-0.25, -0.2) is 0 Å². The first-order valence-electron chi connectivity index (χ1n) is 10.0. The van der Waals surface area contributed by atoms with Crippen LogP contribution in [0.2, 0.25) is 0 Å². The van der Waals surface area contributed by atoms with E-state index in [1.807, 2.05) is 48.5 Å². The Morgan fingerprint density at radius 1 is 1.06 bits per heavy atom. The van der Waals surface area contributed by atoms with Gasteiger partial charge in [0.05, 0.1) is 12.7 Å². The molecule has 0 aliphatic rings. The number of benzene rings is 2. The molecule has 154 valence electrons. The zero-order valence-corrected chi connectivity index (χ0v) is 16.8. The molecule has 2 aromatic carbocycles. The maximum Gasteiger partial charge on any atom is 0.266 e. The normalized spacial score (nSPS) is 11.3. The molecule has 0 saturated heterocycles. The van der Waals surface area contributed by atoms with E-state index in [1.54, 1.807) is 4.57 Å². The van der Waals surface area contributed by atoms with Crippen LogP contribution in [0.5, 0.6) is 0 Å². The molecule has 1 N–H and O–H groups in total. The summed E-state index contributed by atoms with van der Waals surface area (Å²) in [4.78, 5) is 17.5. The average molecular weight is 413 g/mol. The molecule has 0 amide bonds. The summed E-state index contributed by atoms with van der Waals surface area (Å²) in [5, 5.41) is 18.5. The summed E-state index contributed by atoms with van der Waals surface area (Å²) in [6.07, 6.45) is 2.98. The van der Waals surface area contributed by atoms with E-state index in [0.29, 0.717) is 30.0 Å². The lowest BCUT2D eigenvalue weighted by molar-refractivity contribution is 0.445. The highest BCUT2D eigenvalue weighted by Gasteiger charge is 2.15. The van der Waals surface area contributed by atoms with Crippen molar-refractivity contribution in [2.75, 3.05) is 0 Å². The van der Waals surface area contributed by atoms with Crippen LogP contribution in [-0.2, 0) is 13.0 Å². The van der Waals surface area contributed by atoms with Gasteiger partial charge in [0.25, 0.3) is 11.3 Å². The first kappa shape index (κ1) is 18.9. The minimum atomic E-state index is -0.138. The van der Waals surface area contributed by atoms with E-state index in [-0.39, 0.29) is 11.3 Å². The van der Waals surface area contributed by atoms with E-state index in [9.17, 15) is 4.79 Å². The van der Waals surface area contributed by atoms with Gasteiger partial charge in [0.1, 0.15) is 11.2 Å². The molecule has 5 rings (SSSR count). The van der Waals surface area contributed by atoms with Crippen molar-refractivity contribution in [1.29, 1.82) is 0 Å². The van der Waals surface area contributed by atoms with Gasteiger partial charge < -0.3 is 4.52 Å². The van der Waals surface area contributed by atoms with Crippen molar-refractivity contribution in [3.05, 3.63) is 76.5 Å². The molecule has 9 nitrogen and oxygen atoms in total. The van der Waals surface area contributed by atoms with Gasteiger partial charge in [0, 0.05) is 12.0 Å². The highest BCUT2D eigenvalue weighted by molar-refractivity contribution is 5.80. The Bertz CT molecular complexity index is 1390. The number of hydrogen-bond donors (Lipinski definition) is 1. The lowest BCUT2D eigenvalue weighted by Crippen LogP contribution is -2.25. The maximum absolute atomic E-state index is 13.0. The molecule has 3 heterocycles. The molecule has 0 spiro atoms. The minimum Gasteiger partial charge on any atom is -0.336 e. The molecule has 0 radical (unpaired) electrons. The van der Waals surface area contributed by atoms with Crippen LogP contribution >= 0.6 is 0 Å². The number of aromatic amines is 1. The first-order valence-corrected chi connectivity index (χ1v) is 10.0. The molecule has 3 aromatic heterocycles. The number of H-pyrrole nitrogens is 1. The van der Waals surface area contributed by atoms with Gasteiger partial charge in [-0.3, -0.25) is 9.36 Å². The summed E-state index contributed by atoms with van der Waals surface area (Å²) in [5.41, 5.74) is 4.08. The van der Waals surface area contributed by atoms with Gasteiger partial charge in [-0.05, 0) is 28.3 Å². The van der Waals surface area contributed by atoms with Crippen LogP contribution in [0.25, 0.3) is 33.6 Å². The van der Waals surface area contributed by atoms with Gasteiger partial charge in [0.15, 0.2) is 0 Å². The van der Waals surface area contributed by atoms with E-state index in [2.05, 4.69) is 37.7 Å². The van der Waals surface area contributed by atoms with E-state index in [0.717, 1.165) is 28.7 Å². The first-order chi connectivity index (χ1) is 15.2. The number of tetrazole rings is 1. The van der Waals surface area contributed by atoms with Crippen LogP contribution in [0.1, 0.15) is 24.7 Å². The summed E-state index contributed by atoms with van der Waals surface area (Å²) in [6.45, 7) is 2.48. The van der Waals surface area contributed by atoms with Crippen LogP contribution in [0, 0.1) is 0 Å². The Morgan fingerprint density at radius 3 is 2.61 bits per heavy atom. The second-order valence-electron chi connectivity index (χ2n) is 7.19. The fraction of sp³-hybridized carbons (Fsp3) is 0.182. The molecule has 0 saturated carbocycles. The van der Waals surface area contributed by atoms with Gasteiger partial charge in [0.2, 0.25) is 5.82 Å². The lowest BCUT2D eigenvalue weighted by atomic mass is 9.98. The fourth-order valence-corrected chi connectivity index (χ4v) is 3.66. The van der Waals surface area contributed by atoms with Crippen molar-refractivity contribution in [3.8, 4) is 22.5 Å².